The first-order valence-electron chi connectivity index (χ1n) is 3.16. The number of halogens is 1. The summed E-state index contributed by atoms with van der Waals surface area (Å²) in [6.45, 7) is 1.60. The van der Waals surface area contributed by atoms with Crippen LogP contribution >= 0.6 is 0 Å². The van der Waals surface area contributed by atoms with Gasteiger partial charge in [0, 0.05) is 6.20 Å². The Labute approximate surface area is 68.4 Å². The van der Waals surface area contributed by atoms with Crippen molar-refractivity contribution in [2.75, 3.05) is 6.61 Å². The van der Waals surface area contributed by atoms with Gasteiger partial charge in [-0.05, 0) is 6.92 Å². The van der Waals surface area contributed by atoms with Crippen molar-refractivity contribution in [3.63, 3.8) is 0 Å². The highest BCUT2D eigenvalue weighted by Gasteiger charge is 2.08. The molecule has 3 N–H and O–H groups in total. The van der Waals surface area contributed by atoms with Crippen LogP contribution in [0.2, 0.25) is 0 Å². The molecule has 2 amide bonds. The third-order valence-electron chi connectivity index (χ3n) is 0.812. The number of amides is 2. The number of carbonyl (C=O) groups excluding carboxylic acids is 2. The van der Waals surface area contributed by atoms with Crippen molar-refractivity contribution in [1.29, 1.82) is 0 Å². The van der Waals surface area contributed by atoms with E-state index in [1.807, 2.05) is 0 Å². The molecule has 0 saturated heterocycles. The Morgan fingerprint density at radius 3 is 2.67 bits per heavy atom. The van der Waals surface area contributed by atoms with Gasteiger partial charge >= 0.3 is 12.0 Å². The Morgan fingerprint density at radius 2 is 2.25 bits per heavy atom. The number of esters is 1. The molecule has 68 valence electrons. The van der Waals surface area contributed by atoms with Gasteiger partial charge in [-0.15, -0.1) is 0 Å². The minimum atomic E-state index is -1.20. The van der Waals surface area contributed by atoms with Crippen molar-refractivity contribution in [2.24, 2.45) is 5.73 Å². The molecule has 0 aliphatic rings. The third kappa shape index (κ3) is 4.26. The molecule has 0 aromatic carbocycles. The second-order valence-electron chi connectivity index (χ2n) is 1.72. The highest BCUT2D eigenvalue weighted by Crippen LogP contribution is 1.96. The zero-order valence-electron chi connectivity index (χ0n) is 6.46. The maximum absolute atomic E-state index is 12.5. The van der Waals surface area contributed by atoms with Gasteiger partial charge in [-0.25, -0.2) is 9.59 Å². The van der Waals surface area contributed by atoms with Crippen LogP contribution in [0.15, 0.2) is 12.0 Å². The highest BCUT2D eigenvalue weighted by atomic mass is 19.1. The molecule has 0 aromatic rings. The number of hydrogen-bond donors (Lipinski definition) is 2. The number of nitrogens with two attached hydrogens (primary N) is 1. The number of urea groups is 1. The lowest BCUT2D eigenvalue weighted by Crippen LogP contribution is -2.25. The van der Waals surface area contributed by atoms with Crippen molar-refractivity contribution >= 4 is 12.0 Å². The van der Waals surface area contributed by atoms with E-state index in [-0.39, 0.29) is 6.61 Å². The smallest absolute Gasteiger partial charge is 0.368 e. The van der Waals surface area contributed by atoms with Gasteiger partial charge in [-0.2, -0.15) is 4.39 Å². The minimum absolute atomic E-state index is 0.0661. The summed E-state index contributed by atoms with van der Waals surface area (Å²) in [6.07, 6.45) is 0.542. The summed E-state index contributed by atoms with van der Waals surface area (Å²) in [5, 5.41) is 1.79. The summed E-state index contributed by atoms with van der Waals surface area (Å²) < 4.78 is 16.7. The average molecular weight is 176 g/mol. The van der Waals surface area contributed by atoms with Crippen LogP contribution in [-0.2, 0) is 9.53 Å². The molecule has 0 aliphatic heterocycles. The molecule has 0 fully saturated rings. The van der Waals surface area contributed by atoms with Gasteiger partial charge in [-0.1, -0.05) is 0 Å². The lowest BCUT2D eigenvalue weighted by atomic mass is 10.5. The van der Waals surface area contributed by atoms with E-state index in [0.29, 0.717) is 6.20 Å². The Balaban J connectivity index is 3.99. The van der Waals surface area contributed by atoms with E-state index in [0.717, 1.165) is 0 Å². The molecule has 12 heavy (non-hydrogen) atoms. The number of rotatable bonds is 3. The lowest BCUT2D eigenvalue weighted by Gasteiger charge is -1.97. The monoisotopic (exact) mass is 176 g/mol. The molecule has 0 heterocycles. The van der Waals surface area contributed by atoms with Gasteiger partial charge in [0.1, 0.15) is 0 Å². The molecule has 0 rings (SSSR count). The average Bonchev–Trinajstić information content (AvgIpc) is 2.00. The van der Waals surface area contributed by atoms with Gasteiger partial charge in [0.2, 0.25) is 5.83 Å². The normalized spacial score (nSPS) is 10.7. The molecule has 0 saturated carbocycles. The predicted octanol–water partition coefficient (Wildman–Crippen LogP) is 0.0287. The van der Waals surface area contributed by atoms with E-state index in [4.69, 9.17) is 0 Å². The molecule has 0 bridgehead atoms. The van der Waals surface area contributed by atoms with Crippen LogP contribution in [0.5, 0.6) is 0 Å². The highest BCUT2D eigenvalue weighted by molar-refractivity contribution is 5.86. The van der Waals surface area contributed by atoms with E-state index < -0.39 is 17.8 Å². The second kappa shape index (κ2) is 5.11. The van der Waals surface area contributed by atoms with E-state index in [9.17, 15) is 14.0 Å². The summed E-state index contributed by atoms with van der Waals surface area (Å²) in [4.78, 5) is 20.5. The van der Waals surface area contributed by atoms with Crippen molar-refractivity contribution in [1.82, 2.24) is 5.32 Å². The summed E-state index contributed by atoms with van der Waals surface area (Å²) >= 11 is 0. The second-order valence-corrected chi connectivity index (χ2v) is 1.72. The van der Waals surface area contributed by atoms with Crippen LogP contribution in [0.25, 0.3) is 0 Å². The van der Waals surface area contributed by atoms with E-state index >= 15 is 0 Å². The molecular formula is C6H9FN2O3. The zero-order chi connectivity index (χ0) is 9.56. The van der Waals surface area contributed by atoms with Crippen molar-refractivity contribution in [3.05, 3.63) is 12.0 Å². The van der Waals surface area contributed by atoms with Crippen LogP contribution in [0.3, 0.4) is 0 Å². The predicted molar refractivity (Wildman–Crippen MR) is 38.5 cm³/mol. The van der Waals surface area contributed by atoms with Crippen LogP contribution < -0.4 is 11.1 Å². The maximum atomic E-state index is 12.5. The molecular weight excluding hydrogens is 167 g/mol. The molecule has 0 aliphatic carbocycles. The summed E-state index contributed by atoms with van der Waals surface area (Å²) in [6, 6.07) is -0.950. The van der Waals surface area contributed by atoms with Crippen LogP contribution in [-0.4, -0.2) is 18.6 Å². The van der Waals surface area contributed by atoms with Crippen molar-refractivity contribution in [3.8, 4) is 0 Å². The van der Waals surface area contributed by atoms with Gasteiger partial charge < -0.3 is 15.8 Å². The summed E-state index contributed by atoms with van der Waals surface area (Å²) in [5.41, 5.74) is 4.60. The molecule has 0 unspecified atom stereocenters. The molecule has 6 heteroatoms. The number of ether oxygens (including phenoxy) is 1. The van der Waals surface area contributed by atoms with Gasteiger partial charge in [-0.3, -0.25) is 0 Å². The van der Waals surface area contributed by atoms with E-state index in [1.54, 1.807) is 5.32 Å². The quantitative estimate of drug-likeness (QED) is 0.470. The zero-order valence-corrected chi connectivity index (χ0v) is 6.46. The van der Waals surface area contributed by atoms with Crippen molar-refractivity contribution < 1.29 is 18.7 Å². The Morgan fingerprint density at radius 1 is 1.67 bits per heavy atom. The number of nitrogens with one attached hydrogen (secondary N) is 1. The molecule has 0 radical (unpaired) electrons. The molecule has 0 atom stereocenters. The third-order valence-corrected chi connectivity index (χ3v) is 0.812. The summed E-state index contributed by atoms with van der Waals surface area (Å²) in [7, 11) is 0. The largest absolute Gasteiger partial charge is 0.461 e. The fourth-order valence-corrected chi connectivity index (χ4v) is 0.393. The fourth-order valence-electron chi connectivity index (χ4n) is 0.393. The Hall–Kier alpha value is -1.59. The van der Waals surface area contributed by atoms with Crippen LogP contribution in [0.4, 0.5) is 9.18 Å². The molecule has 0 spiro atoms. The van der Waals surface area contributed by atoms with Crippen LogP contribution in [0, 0.1) is 0 Å². The number of primary amides is 1. The SMILES string of the molecule is CCOC(=O)/C(F)=C/NC(N)=O. The van der Waals surface area contributed by atoms with Gasteiger partial charge in [0.15, 0.2) is 0 Å². The van der Waals surface area contributed by atoms with Gasteiger partial charge in [0.05, 0.1) is 6.61 Å². The molecule has 0 aromatic heterocycles. The number of carbonyl (C=O) groups is 2. The van der Waals surface area contributed by atoms with Crippen LogP contribution in [0.1, 0.15) is 6.92 Å². The Bertz CT molecular complexity index is 215. The first-order chi connectivity index (χ1) is 5.57. The number of hydrogen-bond acceptors (Lipinski definition) is 3. The Kier molecular flexibility index (Phi) is 4.43. The minimum Gasteiger partial charge on any atom is -0.461 e. The molecule has 5 nitrogen and oxygen atoms in total. The maximum Gasteiger partial charge on any atom is 0.368 e. The standard InChI is InChI=1S/C6H9FN2O3/c1-2-12-5(10)4(7)3-9-6(8)11/h3H,2H2,1H3,(H3,8,9,11)/b4-3-. The lowest BCUT2D eigenvalue weighted by molar-refractivity contribution is -0.140. The van der Waals surface area contributed by atoms with E-state index in [2.05, 4.69) is 10.5 Å². The summed E-state index contributed by atoms with van der Waals surface area (Å²) in [5.74, 6) is -2.33. The fraction of sp³-hybridized carbons (Fsp3) is 0.333. The first-order valence-corrected chi connectivity index (χ1v) is 3.16. The first kappa shape index (κ1) is 10.4. The van der Waals surface area contributed by atoms with E-state index in [1.165, 1.54) is 6.92 Å². The van der Waals surface area contributed by atoms with Gasteiger partial charge in [0.25, 0.3) is 0 Å². The topological polar surface area (TPSA) is 81.4 Å². The van der Waals surface area contributed by atoms with Crippen molar-refractivity contribution in [2.45, 2.75) is 6.92 Å².